The number of methoxy groups -OCH3 is 1. The molecule has 0 N–H and O–H groups in total. The molecule has 2 heterocycles. The largest absolute Gasteiger partial charge is 0.497 e. The maximum atomic E-state index is 12.4. The number of thioether (sulfide) groups is 1. The summed E-state index contributed by atoms with van der Waals surface area (Å²) in [5, 5.41) is 0.153. The number of hydrogen-bond acceptors (Lipinski definition) is 5. The van der Waals surface area contributed by atoms with Crippen LogP contribution < -0.4 is 4.74 Å². The van der Waals surface area contributed by atoms with E-state index in [1.54, 1.807) is 18.9 Å². The second-order valence-electron chi connectivity index (χ2n) is 5.69. The van der Waals surface area contributed by atoms with Gasteiger partial charge < -0.3 is 9.64 Å². The minimum Gasteiger partial charge on any atom is -0.497 e. The van der Waals surface area contributed by atoms with Crippen molar-refractivity contribution in [2.24, 2.45) is 4.99 Å². The highest BCUT2D eigenvalue weighted by molar-refractivity contribution is 8.01. The number of ether oxygens (including phenoxy) is 1. The predicted molar refractivity (Wildman–Crippen MR) is 101 cm³/mol. The highest BCUT2D eigenvalue weighted by Crippen LogP contribution is 2.43. The van der Waals surface area contributed by atoms with Crippen LogP contribution in [0.4, 0.5) is 5.69 Å². The van der Waals surface area contributed by atoms with Gasteiger partial charge in [0.2, 0.25) is 5.91 Å². The maximum Gasteiger partial charge on any atom is 0.229 e. The van der Waals surface area contributed by atoms with Gasteiger partial charge in [0, 0.05) is 30.5 Å². The molecule has 1 fully saturated rings. The van der Waals surface area contributed by atoms with Gasteiger partial charge in [-0.25, -0.2) is 4.99 Å². The van der Waals surface area contributed by atoms with Crippen LogP contribution in [0.15, 0.2) is 28.1 Å². The molecule has 1 aromatic carbocycles. The lowest BCUT2D eigenvalue weighted by Gasteiger charge is -2.26. The van der Waals surface area contributed by atoms with Gasteiger partial charge >= 0.3 is 0 Å². The number of likely N-dealkylation sites (N-methyl/N-ethyl adjacent to an activating group) is 1. The summed E-state index contributed by atoms with van der Waals surface area (Å²) in [6.45, 7) is 7.91. The Hall–Kier alpha value is -1.24. The summed E-state index contributed by atoms with van der Waals surface area (Å²) in [5.74, 6) is 1.90. The number of amidine groups is 1. The highest BCUT2D eigenvalue weighted by atomic mass is 35.5. The zero-order valence-electron chi connectivity index (χ0n) is 14.3. The molecule has 0 saturated carbocycles. The van der Waals surface area contributed by atoms with E-state index >= 15 is 0 Å². The van der Waals surface area contributed by atoms with Crippen LogP contribution in [0.5, 0.6) is 5.75 Å². The van der Waals surface area contributed by atoms with Crippen molar-refractivity contribution in [3.8, 4) is 5.75 Å². The molecule has 0 radical (unpaired) electrons. The molecule has 3 rings (SSSR count). The van der Waals surface area contributed by atoms with Gasteiger partial charge in [-0.2, -0.15) is 0 Å². The molecule has 2 aliphatic rings. The van der Waals surface area contributed by atoms with Crippen LogP contribution in [-0.2, 0) is 4.79 Å². The Kier molecular flexibility index (Phi) is 6.54. The van der Waals surface area contributed by atoms with Crippen molar-refractivity contribution >= 4 is 41.6 Å². The average molecular weight is 370 g/mol. The van der Waals surface area contributed by atoms with Crippen LogP contribution >= 0.6 is 24.2 Å². The number of aliphatic imine (C=N–C) groups is 1. The topological polar surface area (TPSA) is 45.1 Å². The Labute approximate surface area is 153 Å². The maximum absolute atomic E-state index is 12.4. The third kappa shape index (κ3) is 3.71. The molecule has 0 spiro atoms. The van der Waals surface area contributed by atoms with Crippen molar-refractivity contribution in [1.82, 2.24) is 9.80 Å². The summed E-state index contributed by atoms with van der Waals surface area (Å²) in [7, 11) is 1.66. The summed E-state index contributed by atoms with van der Waals surface area (Å²) in [5.41, 5.74) is 0.906. The fraction of sp³-hybridized carbons (Fsp3) is 0.529. The predicted octanol–water partition coefficient (Wildman–Crippen LogP) is 3.20. The molecule has 1 amide bonds. The van der Waals surface area contributed by atoms with Crippen molar-refractivity contribution < 1.29 is 9.53 Å². The number of carbonyl (C=O) groups excluding carboxylic acids is 1. The monoisotopic (exact) mass is 369 g/mol. The van der Waals surface area contributed by atoms with Gasteiger partial charge in [-0.15, -0.1) is 24.2 Å². The number of nitrogens with zero attached hydrogens (tertiary/aromatic N) is 3. The third-order valence-electron chi connectivity index (χ3n) is 4.43. The lowest BCUT2D eigenvalue weighted by molar-refractivity contribution is -0.125. The Morgan fingerprint density at radius 1 is 1.38 bits per heavy atom. The van der Waals surface area contributed by atoms with Gasteiger partial charge in [0.05, 0.1) is 18.0 Å². The van der Waals surface area contributed by atoms with Crippen LogP contribution in [0.2, 0.25) is 0 Å². The van der Waals surface area contributed by atoms with E-state index in [1.807, 2.05) is 23.1 Å². The number of rotatable bonds is 6. The summed E-state index contributed by atoms with van der Waals surface area (Å²) in [6, 6.07) is 5.92. The van der Waals surface area contributed by atoms with E-state index in [9.17, 15) is 4.79 Å². The number of benzene rings is 1. The molecule has 0 aromatic heterocycles. The molecule has 132 valence electrons. The van der Waals surface area contributed by atoms with E-state index in [0.29, 0.717) is 6.42 Å². The SMILES string of the molecule is CCN(CC)CCN1C(=O)CC2Sc3ccc(OC)cc3N=C21.Cl. The van der Waals surface area contributed by atoms with Gasteiger partial charge in [0.1, 0.15) is 11.6 Å². The number of fused-ring (bicyclic) bond motifs is 2. The number of hydrogen-bond donors (Lipinski definition) is 0. The van der Waals surface area contributed by atoms with Gasteiger partial charge in [-0.05, 0) is 25.2 Å². The first-order valence-corrected chi connectivity index (χ1v) is 9.00. The van der Waals surface area contributed by atoms with E-state index < -0.39 is 0 Å². The van der Waals surface area contributed by atoms with Crippen molar-refractivity contribution in [2.45, 2.75) is 30.4 Å². The molecule has 7 heteroatoms. The molecule has 1 saturated heterocycles. The Morgan fingerprint density at radius 3 is 2.79 bits per heavy atom. The van der Waals surface area contributed by atoms with Gasteiger partial charge in [0.25, 0.3) is 0 Å². The van der Waals surface area contributed by atoms with Crippen molar-refractivity contribution in [3.05, 3.63) is 18.2 Å². The summed E-state index contributed by atoms with van der Waals surface area (Å²) in [4.78, 5) is 22.5. The molecule has 0 aliphatic carbocycles. The summed E-state index contributed by atoms with van der Waals surface area (Å²) in [6.07, 6.45) is 0.549. The van der Waals surface area contributed by atoms with Crippen LogP contribution in [0.25, 0.3) is 0 Å². The lowest BCUT2D eigenvalue weighted by Crippen LogP contribution is -2.39. The normalized spacial score (nSPS) is 18.8. The highest BCUT2D eigenvalue weighted by Gasteiger charge is 2.39. The first-order valence-electron chi connectivity index (χ1n) is 8.12. The molecule has 5 nitrogen and oxygen atoms in total. The molecular formula is C17H24ClN3O2S. The third-order valence-corrected chi connectivity index (χ3v) is 5.69. The van der Waals surface area contributed by atoms with Gasteiger partial charge in [-0.3, -0.25) is 9.69 Å². The number of likely N-dealkylation sites (tertiary alicyclic amines) is 1. The smallest absolute Gasteiger partial charge is 0.229 e. The minimum atomic E-state index is 0. The van der Waals surface area contributed by atoms with E-state index in [-0.39, 0.29) is 23.6 Å². The van der Waals surface area contributed by atoms with E-state index in [2.05, 4.69) is 18.7 Å². The molecule has 2 aliphatic heterocycles. The first-order chi connectivity index (χ1) is 11.2. The van der Waals surface area contributed by atoms with Gasteiger partial charge in [0.15, 0.2) is 0 Å². The zero-order valence-corrected chi connectivity index (χ0v) is 16.0. The van der Waals surface area contributed by atoms with E-state index in [4.69, 9.17) is 9.73 Å². The van der Waals surface area contributed by atoms with Crippen molar-refractivity contribution in [2.75, 3.05) is 33.3 Å². The molecular weight excluding hydrogens is 346 g/mol. The minimum absolute atomic E-state index is 0. The van der Waals surface area contributed by atoms with Crippen molar-refractivity contribution in [1.29, 1.82) is 0 Å². The standard InChI is InChI=1S/C17H23N3O2S.ClH/c1-4-19(5-2)8-9-20-16(21)11-15-17(20)18-13-10-12(22-3)6-7-14(13)23-15;/h6-7,10,15H,4-5,8-9,11H2,1-3H3;1H. The van der Waals surface area contributed by atoms with Crippen molar-refractivity contribution in [3.63, 3.8) is 0 Å². The Morgan fingerprint density at radius 2 is 2.12 bits per heavy atom. The van der Waals surface area contributed by atoms with Gasteiger partial charge in [-0.1, -0.05) is 13.8 Å². The second kappa shape index (κ2) is 8.23. The summed E-state index contributed by atoms with van der Waals surface area (Å²) < 4.78 is 5.28. The van der Waals surface area contributed by atoms with Crippen LogP contribution in [0.3, 0.4) is 0 Å². The van der Waals surface area contributed by atoms with Crippen LogP contribution in [0, 0.1) is 0 Å². The first kappa shape index (κ1) is 19.1. The zero-order chi connectivity index (χ0) is 16.4. The number of amides is 1. The average Bonchev–Trinajstić information content (AvgIpc) is 2.87. The molecule has 0 bridgehead atoms. The van der Waals surface area contributed by atoms with E-state index in [1.165, 1.54) is 0 Å². The Balaban J connectivity index is 0.00000208. The molecule has 1 atom stereocenters. The molecule has 24 heavy (non-hydrogen) atoms. The fourth-order valence-corrected chi connectivity index (χ4v) is 4.19. The quantitative estimate of drug-likeness (QED) is 0.772. The molecule has 1 aromatic rings. The molecule has 1 unspecified atom stereocenters. The number of halogens is 1. The van der Waals surface area contributed by atoms with E-state index in [0.717, 1.165) is 48.3 Å². The van der Waals surface area contributed by atoms with Crippen LogP contribution in [0.1, 0.15) is 20.3 Å². The van der Waals surface area contributed by atoms with Crippen LogP contribution in [-0.4, -0.2) is 60.1 Å². The second-order valence-corrected chi connectivity index (χ2v) is 6.93. The Bertz CT molecular complexity index is 634. The fourth-order valence-electron chi connectivity index (χ4n) is 3.00. The number of carbonyl (C=O) groups is 1. The lowest BCUT2D eigenvalue weighted by atomic mass is 10.3. The summed E-state index contributed by atoms with van der Waals surface area (Å²) >= 11 is 1.74.